The summed E-state index contributed by atoms with van der Waals surface area (Å²) in [5.74, 6) is 0.491. The van der Waals surface area contributed by atoms with Crippen LogP contribution in [0.2, 0.25) is 0 Å². The van der Waals surface area contributed by atoms with Crippen molar-refractivity contribution >= 4 is 5.91 Å². The molecule has 194 valence electrons. The number of nitrogens with zero attached hydrogens (tertiary/aromatic N) is 1. The maximum atomic E-state index is 13.2. The van der Waals surface area contributed by atoms with Crippen molar-refractivity contribution in [2.24, 2.45) is 11.8 Å². The number of carbonyl (C=O) groups is 1. The number of hydrogen-bond donors (Lipinski definition) is 2. The van der Waals surface area contributed by atoms with Gasteiger partial charge in [0.1, 0.15) is 0 Å². The Bertz CT molecular complexity index is 1080. The van der Waals surface area contributed by atoms with Gasteiger partial charge in [0, 0.05) is 19.0 Å². The van der Waals surface area contributed by atoms with Crippen molar-refractivity contribution in [1.29, 1.82) is 5.26 Å². The van der Waals surface area contributed by atoms with Gasteiger partial charge in [0.2, 0.25) is 5.91 Å². The van der Waals surface area contributed by atoms with E-state index in [2.05, 4.69) is 92.9 Å². The highest BCUT2D eigenvalue weighted by Crippen LogP contribution is 2.36. The molecule has 0 saturated carbocycles. The first-order valence-corrected chi connectivity index (χ1v) is 13.5. The monoisotopic (exact) mass is 495 g/mol. The molecule has 0 fully saturated rings. The summed E-state index contributed by atoms with van der Waals surface area (Å²) in [7, 11) is 0. The Morgan fingerprint density at radius 1 is 0.838 bits per heavy atom. The highest BCUT2D eigenvalue weighted by molar-refractivity contribution is 5.82. The van der Waals surface area contributed by atoms with E-state index in [0.29, 0.717) is 19.5 Å². The first-order chi connectivity index (χ1) is 17.9. The first kappa shape index (κ1) is 28.2. The zero-order valence-corrected chi connectivity index (χ0v) is 22.7. The van der Waals surface area contributed by atoms with E-state index in [1.807, 2.05) is 42.5 Å². The van der Waals surface area contributed by atoms with E-state index in [9.17, 15) is 10.1 Å². The van der Waals surface area contributed by atoms with Crippen molar-refractivity contribution < 1.29 is 4.79 Å². The third-order valence-electron chi connectivity index (χ3n) is 7.42. The molecule has 0 aromatic heterocycles. The van der Waals surface area contributed by atoms with Crippen molar-refractivity contribution in [3.8, 4) is 6.07 Å². The molecular formula is C33H41N3O. The van der Waals surface area contributed by atoms with E-state index >= 15 is 0 Å². The van der Waals surface area contributed by atoms with Gasteiger partial charge in [-0.1, -0.05) is 119 Å². The topological polar surface area (TPSA) is 64.9 Å². The molecule has 2 N–H and O–H groups in total. The van der Waals surface area contributed by atoms with Crippen molar-refractivity contribution in [2.45, 2.75) is 57.9 Å². The molecule has 3 aromatic rings. The van der Waals surface area contributed by atoms with Gasteiger partial charge in [0.15, 0.2) is 0 Å². The van der Waals surface area contributed by atoms with Crippen molar-refractivity contribution in [2.75, 3.05) is 13.1 Å². The average Bonchev–Trinajstić information content (AvgIpc) is 2.92. The van der Waals surface area contributed by atoms with Gasteiger partial charge in [-0.2, -0.15) is 5.26 Å². The summed E-state index contributed by atoms with van der Waals surface area (Å²) in [5.41, 5.74) is 2.95. The zero-order chi connectivity index (χ0) is 26.7. The summed E-state index contributed by atoms with van der Waals surface area (Å²) in [6, 6.07) is 33.2. The highest BCUT2D eigenvalue weighted by Gasteiger charge is 2.35. The van der Waals surface area contributed by atoms with Crippen LogP contribution in [0.25, 0.3) is 0 Å². The van der Waals surface area contributed by atoms with E-state index in [-0.39, 0.29) is 29.7 Å². The fourth-order valence-corrected chi connectivity index (χ4v) is 5.12. The molecule has 1 unspecified atom stereocenters. The molecule has 2 atom stereocenters. The Morgan fingerprint density at radius 2 is 1.35 bits per heavy atom. The fraction of sp³-hybridized carbons (Fsp3) is 0.394. The Balaban J connectivity index is 1.62. The van der Waals surface area contributed by atoms with Crippen LogP contribution in [0.5, 0.6) is 0 Å². The molecule has 4 nitrogen and oxygen atoms in total. The number of nitriles is 1. The largest absolute Gasteiger partial charge is 0.355 e. The molecule has 0 aliphatic rings. The Kier molecular flexibility index (Phi) is 10.5. The van der Waals surface area contributed by atoms with Crippen LogP contribution in [0.1, 0.15) is 63.1 Å². The third-order valence-corrected chi connectivity index (χ3v) is 7.42. The van der Waals surface area contributed by atoms with Crippen LogP contribution in [0.15, 0.2) is 91.0 Å². The minimum atomic E-state index is -0.555. The van der Waals surface area contributed by atoms with Crippen molar-refractivity contribution in [1.82, 2.24) is 10.6 Å². The van der Waals surface area contributed by atoms with Crippen LogP contribution < -0.4 is 10.6 Å². The number of rotatable bonds is 13. The summed E-state index contributed by atoms with van der Waals surface area (Å²) in [5, 5.41) is 16.8. The maximum absolute atomic E-state index is 13.2. The lowest BCUT2D eigenvalue weighted by atomic mass is 9.70. The van der Waals surface area contributed by atoms with Crippen LogP contribution in [-0.4, -0.2) is 25.0 Å². The molecule has 0 bridgehead atoms. The SMILES string of the molecule is CC(C)[C@@H](NCC(c1ccccc1)c1ccccc1)C(=O)NCCCC(C#N)(c1ccccc1)C(C)C. The lowest BCUT2D eigenvalue weighted by Crippen LogP contribution is -2.49. The van der Waals surface area contributed by atoms with Gasteiger partial charge < -0.3 is 10.6 Å². The van der Waals surface area contributed by atoms with Gasteiger partial charge in [-0.25, -0.2) is 0 Å². The standard InChI is InChI=1S/C33H41N3O/c1-25(2)31(36-23-30(27-15-8-5-9-16-27)28-17-10-6-11-18-28)32(37)35-22-14-21-33(24-34,26(3)4)29-19-12-7-13-20-29/h5-13,15-20,25-26,30-31,36H,14,21-23H2,1-4H3,(H,35,37)/t31-,33?/m1/s1. The number of benzene rings is 3. The molecule has 0 saturated heterocycles. The average molecular weight is 496 g/mol. The van der Waals surface area contributed by atoms with Crippen LogP contribution in [0.3, 0.4) is 0 Å². The molecule has 0 radical (unpaired) electrons. The Hall–Kier alpha value is -3.42. The number of amides is 1. The summed E-state index contributed by atoms with van der Waals surface area (Å²) in [6.45, 7) is 9.57. The molecule has 0 spiro atoms. The van der Waals surface area contributed by atoms with Crippen LogP contribution >= 0.6 is 0 Å². The molecule has 3 aromatic carbocycles. The fourth-order valence-electron chi connectivity index (χ4n) is 5.12. The van der Waals surface area contributed by atoms with E-state index < -0.39 is 5.41 Å². The van der Waals surface area contributed by atoms with E-state index in [4.69, 9.17) is 0 Å². The summed E-state index contributed by atoms with van der Waals surface area (Å²) < 4.78 is 0. The molecule has 3 rings (SSSR count). The van der Waals surface area contributed by atoms with Crippen LogP contribution in [0, 0.1) is 23.2 Å². The minimum absolute atomic E-state index is 0.0155. The van der Waals surface area contributed by atoms with E-state index in [1.165, 1.54) is 11.1 Å². The molecular weight excluding hydrogens is 454 g/mol. The predicted octanol–water partition coefficient (Wildman–Crippen LogP) is 6.45. The van der Waals surface area contributed by atoms with E-state index in [0.717, 1.165) is 12.0 Å². The summed E-state index contributed by atoms with van der Waals surface area (Å²) in [6.07, 6.45) is 1.45. The highest BCUT2D eigenvalue weighted by atomic mass is 16.2. The predicted molar refractivity (Wildman–Crippen MR) is 152 cm³/mol. The van der Waals surface area contributed by atoms with E-state index in [1.54, 1.807) is 0 Å². The quantitative estimate of drug-likeness (QED) is 0.268. The van der Waals surface area contributed by atoms with Gasteiger partial charge in [-0.3, -0.25) is 4.79 Å². The molecule has 1 amide bonds. The smallest absolute Gasteiger partial charge is 0.237 e. The second-order valence-corrected chi connectivity index (χ2v) is 10.5. The maximum Gasteiger partial charge on any atom is 0.237 e. The molecule has 0 aliphatic heterocycles. The normalized spacial score (nSPS) is 13.8. The minimum Gasteiger partial charge on any atom is -0.355 e. The molecule has 37 heavy (non-hydrogen) atoms. The van der Waals surface area contributed by atoms with Crippen LogP contribution in [-0.2, 0) is 10.2 Å². The number of carbonyl (C=O) groups excluding carboxylic acids is 1. The molecule has 0 heterocycles. The number of nitrogens with one attached hydrogen (secondary N) is 2. The Morgan fingerprint density at radius 3 is 1.81 bits per heavy atom. The van der Waals surface area contributed by atoms with Crippen LogP contribution in [0.4, 0.5) is 0 Å². The van der Waals surface area contributed by atoms with Crippen molar-refractivity contribution in [3.63, 3.8) is 0 Å². The van der Waals surface area contributed by atoms with Crippen molar-refractivity contribution in [3.05, 3.63) is 108 Å². The summed E-state index contributed by atoms with van der Waals surface area (Å²) in [4.78, 5) is 13.2. The van der Waals surface area contributed by atoms with Gasteiger partial charge in [-0.15, -0.1) is 0 Å². The molecule has 4 heteroatoms. The van der Waals surface area contributed by atoms with Gasteiger partial charge in [0.05, 0.1) is 17.5 Å². The van der Waals surface area contributed by atoms with Gasteiger partial charge in [0.25, 0.3) is 0 Å². The van der Waals surface area contributed by atoms with Gasteiger partial charge in [-0.05, 0) is 41.4 Å². The second kappa shape index (κ2) is 13.8. The third kappa shape index (κ3) is 7.31. The number of hydrogen-bond acceptors (Lipinski definition) is 3. The molecule has 0 aliphatic carbocycles. The Labute approximate surface area is 223 Å². The lowest BCUT2D eigenvalue weighted by Gasteiger charge is -2.31. The second-order valence-electron chi connectivity index (χ2n) is 10.5. The zero-order valence-electron chi connectivity index (χ0n) is 22.7. The first-order valence-electron chi connectivity index (χ1n) is 13.5. The lowest BCUT2D eigenvalue weighted by molar-refractivity contribution is -0.124. The summed E-state index contributed by atoms with van der Waals surface area (Å²) >= 11 is 0. The van der Waals surface area contributed by atoms with Gasteiger partial charge >= 0.3 is 0 Å².